The molecule has 1 heterocycles. The number of hydrogen-bond donors (Lipinski definition) is 1. The van der Waals surface area contributed by atoms with E-state index < -0.39 is 0 Å². The average Bonchev–Trinajstić information content (AvgIpc) is 2.71. The maximum Gasteiger partial charge on any atom is 0.317 e. The molecule has 4 heteroatoms. The van der Waals surface area contributed by atoms with E-state index in [1.165, 1.54) is 5.56 Å². The van der Waals surface area contributed by atoms with Crippen molar-refractivity contribution in [3.8, 4) is 17.1 Å². The number of benzene rings is 2. The molecule has 0 spiro atoms. The second-order valence-electron chi connectivity index (χ2n) is 6.83. The maximum absolute atomic E-state index is 9.28. The monoisotopic (exact) mass is 374 g/mol. The molecule has 0 aliphatic rings. The number of hydrogen-bond acceptors (Lipinski definition) is 4. The van der Waals surface area contributed by atoms with Crippen molar-refractivity contribution in [2.24, 2.45) is 0 Å². The van der Waals surface area contributed by atoms with Crippen LogP contribution in [0.3, 0.4) is 0 Å². The SMILES string of the molecule is C=CCOc1ncc2cc(-c3ccc(C=CCCCC(C)O)cc3)ccc2n1. The molecule has 0 amide bonds. The fraction of sp³-hybridized carbons (Fsp3) is 0.250. The van der Waals surface area contributed by atoms with E-state index in [9.17, 15) is 5.11 Å². The normalized spacial score (nSPS) is 12.4. The Hall–Kier alpha value is -2.98. The van der Waals surface area contributed by atoms with Crippen molar-refractivity contribution in [3.63, 3.8) is 0 Å². The van der Waals surface area contributed by atoms with Crippen LogP contribution in [-0.4, -0.2) is 27.8 Å². The third-order valence-electron chi connectivity index (χ3n) is 4.43. The first-order valence-electron chi connectivity index (χ1n) is 9.61. The number of unbranched alkanes of at least 4 members (excludes halogenated alkanes) is 1. The number of aliphatic hydroxyl groups excluding tert-OH is 1. The molecule has 0 aliphatic heterocycles. The highest BCUT2D eigenvalue weighted by Crippen LogP contribution is 2.25. The zero-order valence-corrected chi connectivity index (χ0v) is 16.2. The van der Waals surface area contributed by atoms with Crippen molar-refractivity contribution in [3.05, 3.63) is 73.0 Å². The van der Waals surface area contributed by atoms with Crippen molar-refractivity contribution in [1.29, 1.82) is 0 Å². The molecular formula is C24H26N2O2. The number of allylic oxidation sites excluding steroid dienone is 1. The molecule has 1 N–H and O–H groups in total. The Labute approximate surface area is 166 Å². The number of ether oxygens (including phenoxy) is 1. The van der Waals surface area contributed by atoms with Crippen LogP contribution in [-0.2, 0) is 0 Å². The Balaban J connectivity index is 1.68. The van der Waals surface area contributed by atoms with E-state index in [0.717, 1.165) is 41.3 Å². The summed E-state index contributed by atoms with van der Waals surface area (Å²) < 4.78 is 5.39. The van der Waals surface area contributed by atoms with Gasteiger partial charge in [0.25, 0.3) is 0 Å². The summed E-state index contributed by atoms with van der Waals surface area (Å²) in [5, 5.41) is 10.3. The van der Waals surface area contributed by atoms with Gasteiger partial charge in [-0.05, 0) is 55.0 Å². The number of aliphatic hydroxyl groups is 1. The van der Waals surface area contributed by atoms with Crippen LogP contribution >= 0.6 is 0 Å². The van der Waals surface area contributed by atoms with Crippen LogP contribution in [0.4, 0.5) is 0 Å². The summed E-state index contributed by atoms with van der Waals surface area (Å²) in [6.07, 6.45) is 10.4. The standard InChI is InChI=1S/C24H26N2O2/c1-3-15-28-24-25-17-22-16-21(13-14-23(22)26-24)20-11-9-19(10-12-20)8-6-4-5-7-18(2)27/h3,6,8-14,16-18,27H,1,4-5,7,15H2,2H3. The van der Waals surface area contributed by atoms with E-state index in [1.54, 1.807) is 12.3 Å². The highest BCUT2D eigenvalue weighted by Gasteiger charge is 2.04. The van der Waals surface area contributed by atoms with E-state index in [0.29, 0.717) is 12.6 Å². The van der Waals surface area contributed by atoms with Gasteiger partial charge in [0.2, 0.25) is 0 Å². The minimum atomic E-state index is -0.216. The molecule has 0 fully saturated rings. The van der Waals surface area contributed by atoms with Crippen molar-refractivity contribution in [2.45, 2.75) is 32.3 Å². The number of nitrogens with zero attached hydrogens (tertiary/aromatic N) is 2. The predicted octanol–water partition coefficient (Wildman–Crippen LogP) is 5.43. The molecule has 144 valence electrons. The lowest BCUT2D eigenvalue weighted by molar-refractivity contribution is 0.182. The zero-order chi connectivity index (χ0) is 19.8. The van der Waals surface area contributed by atoms with Crippen molar-refractivity contribution in [2.75, 3.05) is 6.61 Å². The molecule has 3 aromatic rings. The van der Waals surface area contributed by atoms with E-state index in [1.807, 2.05) is 13.0 Å². The van der Waals surface area contributed by atoms with E-state index in [2.05, 4.69) is 65.1 Å². The molecule has 1 atom stereocenters. The first-order chi connectivity index (χ1) is 13.7. The summed E-state index contributed by atoms with van der Waals surface area (Å²) >= 11 is 0. The van der Waals surface area contributed by atoms with E-state index >= 15 is 0 Å². The van der Waals surface area contributed by atoms with Gasteiger partial charge in [0, 0.05) is 11.6 Å². The summed E-state index contributed by atoms with van der Waals surface area (Å²) in [5.74, 6) is 0. The van der Waals surface area contributed by atoms with Gasteiger partial charge in [-0.2, -0.15) is 4.98 Å². The molecule has 4 nitrogen and oxygen atoms in total. The van der Waals surface area contributed by atoms with Gasteiger partial charge in [-0.15, -0.1) is 0 Å². The molecule has 0 saturated heterocycles. The second-order valence-corrected chi connectivity index (χ2v) is 6.83. The molecule has 0 aliphatic carbocycles. The lowest BCUT2D eigenvalue weighted by Crippen LogP contribution is -1.98. The number of fused-ring (bicyclic) bond motifs is 1. The predicted molar refractivity (Wildman–Crippen MR) is 115 cm³/mol. The first-order valence-corrected chi connectivity index (χ1v) is 9.61. The number of aromatic nitrogens is 2. The molecule has 28 heavy (non-hydrogen) atoms. The first kappa shape index (κ1) is 19.8. The summed E-state index contributed by atoms with van der Waals surface area (Å²) in [6, 6.07) is 15.0. The van der Waals surface area contributed by atoms with Crippen LogP contribution in [0.25, 0.3) is 28.1 Å². The van der Waals surface area contributed by atoms with Gasteiger partial charge in [-0.1, -0.05) is 55.1 Å². The lowest BCUT2D eigenvalue weighted by Gasteiger charge is -2.06. The van der Waals surface area contributed by atoms with Gasteiger partial charge in [0.1, 0.15) is 6.61 Å². The molecule has 3 rings (SSSR count). The third kappa shape index (κ3) is 5.51. The van der Waals surface area contributed by atoms with Crippen molar-refractivity contribution >= 4 is 17.0 Å². The lowest BCUT2D eigenvalue weighted by atomic mass is 10.0. The molecule has 1 unspecified atom stereocenters. The van der Waals surface area contributed by atoms with Gasteiger partial charge in [-0.3, -0.25) is 0 Å². The molecule has 2 aromatic carbocycles. The van der Waals surface area contributed by atoms with Crippen LogP contribution in [0.5, 0.6) is 6.01 Å². The molecule has 0 bridgehead atoms. The molecule has 0 radical (unpaired) electrons. The zero-order valence-electron chi connectivity index (χ0n) is 16.2. The highest BCUT2D eigenvalue weighted by molar-refractivity contribution is 5.84. The molecular weight excluding hydrogens is 348 g/mol. The Bertz CT molecular complexity index is 946. The van der Waals surface area contributed by atoms with Gasteiger partial charge in [-0.25, -0.2) is 4.98 Å². The molecule has 1 aromatic heterocycles. The van der Waals surface area contributed by atoms with Crippen LogP contribution in [0, 0.1) is 0 Å². The summed E-state index contributed by atoms with van der Waals surface area (Å²) in [6.45, 7) is 5.85. The van der Waals surface area contributed by atoms with Crippen LogP contribution in [0.1, 0.15) is 31.7 Å². The van der Waals surface area contributed by atoms with E-state index in [-0.39, 0.29) is 6.10 Å². The van der Waals surface area contributed by atoms with E-state index in [4.69, 9.17) is 4.74 Å². The summed E-state index contributed by atoms with van der Waals surface area (Å²) in [5.41, 5.74) is 4.31. The van der Waals surface area contributed by atoms with Gasteiger partial charge >= 0.3 is 6.01 Å². The molecule has 0 saturated carbocycles. The largest absolute Gasteiger partial charge is 0.459 e. The Morgan fingerprint density at radius 2 is 1.93 bits per heavy atom. The van der Waals surface area contributed by atoms with Gasteiger partial charge < -0.3 is 9.84 Å². The topological polar surface area (TPSA) is 55.2 Å². The average molecular weight is 374 g/mol. The Morgan fingerprint density at radius 1 is 1.14 bits per heavy atom. The van der Waals surface area contributed by atoms with Gasteiger partial charge in [0.05, 0.1) is 11.6 Å². The van der Waals surface area contributed by atoms with Crippen LogP contribution in [0.15, 0.2) is 67.4 Å². The smallest absolute Gasteiger partial charge is 0.317 e. The second kappa shape index (κ2) is 9.81. The van der Waals surface area contributed by atoms with Crippen molar-refractivity contribution < 1.29 is 9.84 Å². The quantitative estimate of drug-likeness (QED) is 0.401. The fourth-order valence-corrected chi connectivity index (χ4v) is 2.94. The highest BCUT2D eigenvalue weighted by atomic mass is 16.5. The summed E-state index contributed by atoms with van der Waals surface area (Å²) in [4.78, 5) is 8.66. The maximum atomic E-state index is 9.28. The van der Waals surface area contributed by atoms with Crippen molar-refractivity contribution in [1.82, 2.24) is 9.97 Å². The summed E-state index contributed by atoms with van der Waals surface area (Å²) in [7, 11) is 0. The minimum absolute atomic E-state index is 0.216. The fourth-order valence-electron chi connectivity index (χ4n) is 2.94. The Kier molecular flexibility index (Phi) is 6.93. The third-order valence-corrected chi connectivity index (χ3v) is 4.43. The minimum Gasteiger partial charge on any atom is -0.459 e. The van der Waals surface area contributed by atoms with Crippen LogP contribution in [0.2, 0.25) is 0 Å². The van der Waals surface area contributed by atoms with Crippen LogP contribution < -0.4 is 4.74 Å². The Morgan fingerprint density at radius 3 is 2.68 bits per heavy atom. The number of rotatable bonds is 9. The van der Waals surface area contributed by atoms with Gasteiger partial charge in [0.15, 0.2) is 0 Å².